The number of carbonyl (C=O) groups excluding carboxylic acids is 1. The molecule has 0 aliphatic heterocycles. The van der Waals surface area contributed by atoms with Crippen LogP contribution in [0.15, 0.2) is 18.2 Å². The summed E-state index contributed by atoms with van der Waals surface area (Å²) >= 11 is 0. The highest BCUT2D eigenvalue weighted by Crippen LogP contribution is 2.27. The molecule has 0 saturated heterocycles. The van der Waals surface area contributed by atoms with E-state index >= 15 is 0 Å². The molecule has 0 aliphatic carbocycles. The number of aryl methyl sites for hydroxylation is 1. The molecular formula is C10H13NO3. The maximum atomic E-state index is 10.9. The van der Waals surface area contributed by atoms with Crippen LogP contribution in [-0.4, -0.2) is 19.6 Å². The van der Waals surface area contributed by atoms with E-state index in [1.165, 1.54) is 7.11 Å². The predicted octanol–water partition coefficient (Wildman–Crippen LogP) is 0.868. The second-order valence-corrected chi connectivity index (χ2v) is 2.83. The van der Waals surface area contributed by atoms with E-state index in [4.69, 9.17) is 15.2 Å². The van der Waals surface area contributed by atoms with Gasteiger partial charge in [-0.1, -0.05) is 6.07 Å². The van der Waals surface area contributed by atoms with Crippen molar-refractivity contribution in [2.24, 2.45) is 5.73 Å². The molecule has 0 aromatic heterocycles. The van der Waals surface area contributed by atoms with Crippen molar-refractivity contribution in [3.05, 3.63) is 23.8 Å². The summed E-state index contributed by atoms with van der Waals surface area (Å²) in [4.78, 5) is 10.9. The molecule has 14 heavy (non-hydrogen) atoms. The molecule has 0 spiro atoms. The normalized spacial score (nSPS) is 9.64. The van der Waals surface area contributed by atoms with E-state index in [1.54, 1.807) is 12.1 Å². The molecule has 0 fully saturated rings. The number of rotatable bonds is 3. The first kappa shape index (κ1) is 10.5. The summed E-state index contributed by atoms with van der Waals surface area (Å²) in [5, 5.41) is 0. The number of hydrogen-bond donors (Lipinski definition) is 1. The summed E-state index contributed by atoms with van der Waals surface area (Å²) in [6.07, 6.45) is 0. The Kier molecular flexibility index (Phi) is 3.48. The zero-order valence-electron chi connectivity index (χ0n) is 8.24. The van der Waals surface area contributed by atoms with Gasteiger partial charge in [-0.15, -0.1) is 0 Å². The SMILES string of the molecule is COc1cc(C)ccc1OC(=O)CN. The minimum Gasteiger partial charge on any atom is -0.493 e. The van der Waals surface area contributed by atoms with Gasteiger partial charge in [0.05, 0.1) is 13.7 Å². The molecule has 1 aromatic rings. The van der Waals surface area contributed by atoms with Gasteiger partial charge in [-0.3, -0.25) is 4.79 Å². The van der Waals surface area contributed by atoms with E-state index in [9.17, 15) is 4.79 Å². The van der Waals surface area contributed by atoms with Gasteiger partial charge in [0.25, 0.3) is 0 Å². The van der Waals surface area contributed by atoms with Crippen LogP contribution < -0.4 is 15.2 Å². The Balaban J connectivity index is 2.90. The number of ether oxygens (including phenoxy) is 2. The monoisotopic (exact) mass is 195 g/mol. The summed E-state index contributed by atoms with van der Waals surface area (Å²) in [5.74, 6) is 0.451. The van der Waals surface area contributed by atoms with E-state index in [0.717, 1.165) is 5.56 Å². The lowest BCUT2D eigenvalue weighted by molar-refractivity contribution is -0.132. The zero-order chi connectivity index (χ0) is 10.6. The average Bonchev–Trinajstić information content (AvgIpc) is 2.20. The second kappa shape index (κ2) is 4.62. The molecule has 0 bridgehead atoms. The van der Waals surface area contributed by atoms with Gasteiger partial charge in [-0.05, 0) is 24.6 Å². The maximum absolute atomic E-state index is 10.9. The quantitative estimate of drug-likeness (QED) is 0.574. The average molecular weight is 195 g/mol. The molecular weight excluding hydrogens is 182 g/mol. The van der Waals surface area contributed by atoms with Gasteiger partial charge in [-0.25, -0.2) is 0 Å². The number of carbonyl (C=O) groups is 1. The molecule has 0 unspecified atom stereocenters. The minimum absolute atomic E-state index is 0.142. The Bertz CT molecular complexity index is 336. The van der Waals surface area contributed by atoms with Crippen molar-refractivity contribution in [1.29, 1.82) is 0 Å². The highest BCUT2D eigenvalue weighted by atomic mass is 16.6. The number of hydrogen-bond acceptors (Lipinski definition) is 4. The third-order valence-corrected chi connectivity index (χ3v) is 1.71. The summed E-state index contributed by atoms with van der Waals surface area (Å²) in [6.45, 7) is 1.79. The van der Waals surface area contributed by atoms with Crippen LogP contribution in [0.5, 0.6) is 11.5 Å². The van der Waals surface area contributed by atoms with E-state index in [1.807, 2.05) is 13.0 Å². The minimum atomic E-state index is -0.479. The fourth-order valence-electron chi connectivity index (χ4n) is 1.02. The number of benzene rings is 1. The largest absolute Gasteiger partial charge is 0.493 e. The van der Waals surface area contributed by atoms with Crippen LogP contribution in [-0.2, 0) is 4.79 Å². The molecule has 0 radical (unpaired) electrons. The van der Waals surface area contributed by atoms with Crippen molar-refractivity contribution in [3.8, 4) is 11.5 Å². The Morgan fingerprint density at radius 2 is 2.14 bits per heavy atom. The topological polar surface area (TPSA) is 61.5 Å². The number of nitrogens with two attached hydrogens (primary N) is 1. The van der Waals surface area contributed by atoms with Crippen LogP contribution in [0.25, 0.3) is 0 Å². The lowest BCUT2D eigenvalue weighted by atomic mass is 10.2. The van der Waals surface area contributed by atoms with Gasteiger partial charge in [0, 0.05) is 0 Å². The van der Waals surface area contributed by atoms with Crippen LogP contribution in [0.2, 0.25) is 0 Å². The molecule has 0 aliphatic rings. The molecule has 4 heteroatoms. The molecule has 2 N–H and O–H groups in total. The van der Waals surface area contributed by atoms with Crippen molar-refractivity contribution in [3.63, 3.8) is 0 Å². The highest BCUT2D eigenvalue weighted by molar-refractivity contribution is 5.75. The third kappa shape index (κ3) is 2.47. The van der Waals surface area contributed by atoms with Crippen molar-refractivity contribution < 1.29 is 14.3 Å². The molecule has 0 saturated carbocycles. The van der Waals surface area contributed by atoms with Gasteiger partial charge in [-0.2, -0.15) is 0 Å². The van der Waals surface area contributed by atoms with Gasteiger partial charge in [0.2, 0.25) is 0 Å². The van der Waals surface area contributed by atoms with E-state index in [2.05, 4.69) is 0 Å². The van der Waals surface area contributed by atoms with Crippen LogP contribution in [0.4, 0.5) is 0 Å². The van der Waals surface area contributed by atoms with Crippen molar-refractivity contribution in [2.75, 3.05) is 13.7 Å². The van der Waals surface area contributed by atoms with E-state index in [0.29, 0.717) is 11.5 Å². The summed E-state index contributed by atoms with van der Waals surface area (Å²) in [7, 11) is 1.52. The lowest BCUT2D eigenvalue weighted by Gasteiger charge is -2.08. The molecule has 1 rings (SSSR count). The molecule has 0 amide bonds. The van der Waals surface area contributed by atoms with Crippen molar-refractivity contribution in [2.45, 2.75) is 6.92 Å². The third-order valence-electron chi connectivity index (χ3n) is 1.71. The molecule has 4 nitrogen and oxygen atoms in total. The van der Waals surface area contributed by atoms with Gasteiger partial charge < -0.3 is 15.2 Å². The number of esters is 1. The van der Waals surface area contributed by atoms with Gasteiger partial charge in [0.15, 0.2) is 11.5 Å². The smallest absolute Gasteiger partial charge is 0.325 e. The molecule has 0 heterocycles. The van der Waals surface area contributed by atoms with E-state index in [-0.39, 0.29) is 6.54 Å². The zero-order valence-corrected chi connectivity index (χ0v) is 8.24. The van der Waals surface area contributed by atoms with Crippen LogP contribution >= 0.6 is 0 Å². The molecule has 76 valence electrons. The van der Waals surface area contributed by atoms with Crippen LogP contribution in [0, 0.1) is 6.92 Å². The standard InChI is InChI=1S/C10H13NO3/c1-7-3-4-8(9(5-7)13-2)14-10(12)6-11/h3-5H,6,11H2,1-2H3. The van der Waals surface area contributed by atoms with Crippen LogP contribution in [0.3, 0.4) is 0 Å². The fraction of sp³-hybridized carbons (Fsp3) is 0.300. The fourth-order valence-corrected chi connectivity index (χ4v) is 1.02. The Morgan fingerprint density at radius 3 is 2.71 bits per heavy atom. The lowest BCUT2D eigenvalue weighted by Crippen LogP contribution is -2.19. The number of methoxy groups -OCH3 is 1. The Hall–Kier alpha value is -1.55. The summed E-state index contributed by atoms with van der Waals surface area (Å²) < 4.78 is 10.0. The molecule has 1 aromatic carbocycles. The first-order valence-corrected chi connectivity index (χ1v) is 4.22. The van der Waals surface area contributed by atoms with Gasteiger partial charge in [0.1, 0.15) is 0 Å². The highest BCUT2D eigenvalue weighted by Gasteiger charge is 2.07. The first-order chi connectivity index (χ1) is 6.67. The van der Waals surface area contributed by atoms with Crippen LogP contribution in [0.1, 0.15) is 5.56 Å². The second-order valence-electron chi connectivity index (χ2n) is 2.83. The van der Waals surface area contributed by atoms with Gasteiger partial charge >= 0.3 is 5.97 Å². The summed E-state index contributed by atoms with van der Waals surface area (Å²) in [5.41, 5.74) is 6.16. The maximum Gasteiger partial charge on any atom is 0.325 e. The summed E-state index contributed by atoms with van der Waals surface area (Å²) in [6, 6.07) is 5.31. The Morgan fingerprint density at radius 1 is 1.43 bits per heavy atom. The van der Waals surface area contributed by atoms with E-state index < -0.39 is 5.97 Å². The van der Waals surface area contributed by atoms with Crippen molar-refractivity contribution in [1.82, 2.24) is 0 Å². The first-order valence-electron chi connectivity index (χ1n) is 4.22. The molecule has 0 atom stereocenters. The van der Waals surface area contributed by atoms with Crippen molar-refractivity contribution >= 4 is 5.97 Å². The predicted molar refractivity (Wildman–Crippen MR) is 52.4 cm³/mol. The Labute approximate surface area is 82.6 Å².